The number of H-pyrrole nitrogens is 1. The summed E-state index contributed by atoms with van der Waals surface area (Å²) in [5.41, 5.74) is 1.72. The molecule has 3 rings (SSSR count). The third-order valence-electron chi connectivity index (χ3n) is 3.10. The highest BCUT2D eigenvalue weighted by atomic mass is 32.2. The molecule has 0 bridgehead atoms. The quantitative estimate of drug-likeness (QED) is 0.437. The van der Waals surface area contributed by atoms with Gasteiger partial charge in [0.1, 0.15) is 5.82 Å². The van der Waals surface area contributed by atoms with Crippen molar-refractivity contribution in [2.45, 2.75) is 10.9 Å². The van der Waals surface area contributed by atoms with Crippen molar-refractivity contribution in [2.75, 3.05) is 0 Å². The number of aromatic amines is 1. The Morgan fingerprint density at radius 2 is 1.83 bits per heavy atom. The number of hydrogen-bond acceptors (Lipinski definition) is 5. The van der Waals surface area contributed by atoms with Crippen molar-refractivity contribution in [3.05, 3.63) is 70.0 Å². The molecule has 8 heteroatoms. The van der Waals surface area contributed by atoms with Crippen molar-refractivity contribution in [1.29, 1.82) is 0 Å². The van der Waals surface area contributed by atoms with Crippen molar-refractivity contribution >= 4 is 17.4 Å². The van der Waals surface area contributed by atoms with Crippen LogP contribution in [0.2, 0.25) is 0 Å². The number of rotatable bonds is 5. The van der Waals surface area contributed by atoms with Crippen molar-refractivity contribution in [1.82, 2.24) is 15.2 Å². The smallest absolute Gasteiger partial charge is 0.258 e. The Kier molecular flexibility index (Phi) is 4.33. The van der Waals surface area contributed by atoms with Crippen LogP contribution < -0.4 is 0 Å². The second-order valence-electron chi connectivity index (χ2n) is 4.69. The molecule has 0 amide bonds. The summed E-state index contributed by atoms with van der Waals surface area (Å²) in [6.07, 6.45) is 0. The molecule has 0 saturated heterocycles. The summed E-state index contributed by atoms with van der Waals surface area (Å²) in [5, 5.41) is 18.1. The van der Waals surface area contributed by atoms with E-state index in [0.717, 1.165) is 11.1 Å². The molecule has 0 fully saturated rings. The van der Waals surface area contributed by atoms with Crippen LogP contribution in [0.4, 0.5) is 10.1 Å². The minimum Gasteiger partial charge on any atom is -0.258 e. The van der Waals surface area contributed by atoms with Gasteiger partial charge in [0.25, 0.3) is 5.69 Å². The van der Waals surface area contributed by atoms with Gasteiger partial charge in [-0.2, -0.15) is 0 Å². The lowest BCUT2D eigenvalue weighted by Crippen LogP contribution is -1.87. The van der Waals surface area contributed by atoms with E-state index in [0.29, 0.717) is 16.7 Å². The van der Waals surface area contributed by atoms with E-state index in [-0.39, 0.29) is 11.5 Å². The second kappa shape index (κ2) is 6.57. The van der Waals surface area contributed by atoms with Gasteiger partial charge in [0, 0.05) is 23.4 Å². The Hall–Kier alpha value is -2.74. The van der Waals surface area contributed by atoms with Crippen LogP contribution in [0.5, 0.6) is 0 Å². The number of hydrogen-bond donors (Lipinski definition) is 1. The fourth-order valence-corrected chi connectivity index (χ4v) is 2.66. The highest BCUT2D eigenvalue weighted by Gasteiger charge is 2.09. The third-order valence-corrected chi connectivity index (χ3v) is 4.02. The molecule has 0 atom stereocenters. The van der Waals surface area contributed by atoms with E-state index in [1.54, 1.807) is 24.3 Å². The van der Waals surface area contributed by atoms with Crippen molar-refractivity contribution in [2.24, 2.45) is 0 Å². The Morgan fingerprint density at radius 3 is 2.48 bits per heavy atom. The molecule has 2 aromatic carbocycles. The molecule has 6 nitrogen and oxygen atoms in total. The molecule has 0 radical (unpaired) electrons. The van der Waals surface area contributed by atoms with E-state index in [9.17, 15) is 14.5 Å². The average molecular weight is 330 g/mol. The summed E-state index contributed by atoms with van der Waals surface area (Å²) in [6, 6.07) is 12.3. The van der Waals surface area contributed by atoms with Gasteiger partial charge >= 0.3 is 0 Å². The van der Waals surface area contributed by atoms with Crippen LogP contribution in [0.3, 0.4) is 0 Å². The normalized spacial score (nSPS) is 10.7. The topological polar surface area (TPSA) is 84.7 Å². The minimum atomic E-state index is -0.450. The van der Waals surface area contributed by atoms with Crippen LogP contribution in [0.25, 0.3) is 11.4 Å². The molecular formula is C15H11FN4O2S. The molecule has 1 heterocycles. The first kappa shape index (κ1) is 15.2. The monoisotopic (exact) mass is 330 g/mol. The van der Waals surface area contributed by atoms with Crippen molar-refractivity contribution < 1.29 is 9.31 Å². The first-order chi connectivity index (χ1) is 11.1. The highest BCUT2D eigenvalue weighted by Crippen LogP contribution is 2.23. The van der Waals surface area contributed by atoms with E-state index >= 15 is 0 Å². The zero-order valence-corrected chi connectivity index (χ0v) is 12.6. The molecule has 1 aromatic heterocycles. The van der Waals surface area contributed by atoms with Gasteiger partial charge in [-0.15, -0.1) is 5.10 Å². The molecule has 0 aliphatic heterocycles. The predicted molar refractivity (Wildman–Crippen MR) is 84.4 cm³/mol. The largest absolute Gasteiger partial charge is 0.269 e. The predicted octanol–water partition coefficient (Wildman–Crippen LogP) is 3.81. The summed E-state index contributed by atoms with van der Waals surface area (Å²) in [7, 11) is 0. The summed E-state index contributed by atoms with van der Waals surface area (Å²) >= 11 is 1.42. The molecule has 0 spiro atoms. The van der Waals surface area contributed by atoms with E-state index < -0.39 is 4.92 Å². The zero-order valence-electron chi connectivity index (χ0n) is 11.8. The van der Waals surface area contributed by atoms with E-state index in [4.69, 9.17) is 0 Å². The first-order valence-electron chi connectivity index (χ1n) is 6.66. The van der Waals surface area contributed by atoms with Crippen LogP contribution >= 0.6 is 11.8 Å². The highest BCUT2D eigenvalue weighted by molar-refractivity contribution is 7.98. The molecule has 0 unspecified atom stereocenters. The fourth-order valence-electron chi connectivity index (χ4n) is 1.91. The van der Waals surface area contributed by atoms with Crippen LogP contribution in [-0.2, 0) is 5.75 Å². The van der Waals surface area contributed by atoms with Gasteiger partial charge in [0.2, 0.25) is 5.16 Å². The van der Waals surface area contributed by atoms with Crippen LogP contribution in [0.15, 0.2) is 53.7 Å². The molecule has 116 valence electrons. The number of nitrogens with zero attached hydrogens (tertiary/aromatic N) is 3. The van der Waals surface area contributed by atoms with Crippen LogP contribution in [0, 0.1) is 15.9 Å². The molecule has 1 N–H and O–H groups in total. The fraction of sp³-hybridized carbons (Fsp3) is 0.0667. The Labute approximate surface area is 134 Å². The zero-order chi connectivity index (χ0) is 16.2. The lowest BCUT2D eigenvalue weighted by molar-refractivity contribution is -0.384. The molecule has 0 aliphatic rings. The second-order valence-corrected chi connectivity index (χ2v) is 5.63. The lowest BCUT2D eigenvalue weighted by atomic mass is 10.2. The minimum absolute atomic E-state index is 0.0270. The van der Waals surface area contributed by atoms with Gasteiger partial charge in [-0.25, -0.2) is 9.37 Å². The number of thioether (sulfide) groups is 1. The van der Waals surface area contributed by atoms with E-state index in [1.807, 2.05) is 0 Å². The van der Waals surface area contributed by atoms with Gasteiger partial charge in [-0.1, -0.05) is 23.9 Å². The lowest BCUT2D eigenvalue weighted by Gasteiger charge is -1.98. The number of aromatic nitrogens is 3. The van der Waals surface area contributed by atoms with Crippen molar-refractivity contribution in [3.8, 4) is 11.4 Å². The van der Waals surface area contributed by atoms with Gasteiger partial charge in [0.05, 0.1) is 4.92 Å². The standard InChI is InChI=1S/C15H11FN4O2S/c16-12-5-1-10(2-6-12)9-23-15-17-14(18-19-15)11-3-7-13(8-4-11)20(21)22/h1-8H,9H2,(H,17,18,19). The van der Waals surface area contributed by atoms with Gasteiger partial charge < -0.3 is 0 Å². The van der Waals surface area contributed by atoms with Gasteiger partial charge in [-0.3, -0.25) is 15.2 Å². The van der Waals surface area contributed by atoms with Crippen molar-refractivity contribution in [3.63, 3.8) is 0 Å². The Balaban J connectivity index is 1.67. The Morgan fingerprint density at radius 1 is 1.13 bits per heavy atom. The van der Waals surface area contributed by atoms with Crippen LogP contribution in [0.1, 0.15) is 5.56 Å². The number of nitro benzene ring substituents is 1. The average Bonchev–Trinajstić information content (AvgIpc) is 3.03. The SMILES string of the molecule is O=[N+]([O-])c1ccc(-c2nc(SCc3ccc(F)cc3)n[nH]2)cc1. The number of nitro groups is 1. The summed E-state index contributed by atoms with van der Waals surface area (Å²) in [5.74, 6) is 0.899. The number of halogens is 1. The van der Waals surface area contributed by atoms with E-state index in [2.05, 4.69) is 15.2 Å². The number of benzene rings is 2. The first-order valence-corrected chi connectivity index (χ1v) is 7.65. The summed E-state index contributed by atoms with van der Waals surface area (Å²) in [6.45, 7) is 0. The number of nitrogens with one attached hydrogen (secondary N) is 1. The molecule has 23 heavy (non-hydrogen) atoms. The number of non-ortho nitro benzene ring substituents is 1. The summed E-state index contributed by atoms with van der Waals surface area (Å²) < 4.78 is 12.8. The maximum atomic E-state index is 12.8. The van der Waals surface area contributed by atoms with Gasteiger partial charge in [0.15, 0.2) is 5.82 Å². The summed E-state index contributed by atoms with van der Waals surface area (Å²) in [4.78, 5) is 14.5. The maximum Gasteiger partial charge on any atom is 0.269 e. The molecule has 3 aromatic rings. The van der Waals surface area contributed by atoms with E-state index in [1.165, 1.54) is 36.0 Å². The Bertz CT molecular complexity index is 818. The van der Waals surface area contributed by atoms with Crippen LogP contribution in [-0.4, -0.2) is 20.1 Å². The molecule has 0 saturated carbocycles. The van der Waals surface area contributed by atoms with Gasteiger partial charge in [-0.05, 0) is 29.8 Å². The molecular weight excluding hydrogens is 319 g/mol. The molecule has 0 aliphatic carbocycles. The maximum absolute atomic E-state index is 12.8. The third kappa shape index (κ3) is 3.72.